The van der Waals surface area contributed by atoms with Crippen LogP contribution in [-0.4, -0.2) is 51.1 Å². The third-order valence-corrected chi connectivity index (χ3v) is 5.30. The molecule has 0 atom stereocenters. The Morgan fingerprint density at radius 1 is 1.31 bits per heavy atom. The van der Waals surface area contributed by atoms with E-state index in [1.54, 1.807) is 44.7 Å². The molecule has 2 aromatic heterocycles. The highest BCUT2D eigenvalue weighted by molar-refractivity contribution is 6.34. The molecule has 3 heterocycles. The van der Waals surface area contributed by atoms with Crippen LogP contribution >= 0.6 is 11.6 Å². The van der Waals surface area contributed by atoms with Crippen molar-refractivity contribution in [3.05, 3.63) is 70.0 Å². The normalized spacial score (nSPS) is 14.8. The molecule has 1 amide bonds. The van der Waals surface area contributed by atoms with E-state index in [4.69, 9.17) is 16.3 Å². The van der Waals surface area contributed by atoms with Gasteiger partial charge in [-0.2, -0.15) is 0 Å². The summed E-state index contributed by atoms with van der Waals surface area (Å²) in [5.41, 5.74) is 2.40. The van der Waals surface area contributed by atoms with Crippen LogP contribution < -0.4 is 5.56 Å². The highest BCUT2D eigenvalue weighted by Gasteiger charge is 2.21. The molecule has 0 saturated carbocycles. The van der Waals surface area contributed by atoms with Gasteiger partial charge in [0.1, 0.15) is 5.52 Å². The van der Waals surface area contributed by atoms with Crippen molar-refractivity contribution in [2.45, 2.75) is 13.5 Å². The average molecular weight is 413 g/mol. The molecule has 1 saturated heterocycles. The first-order chi connectivity index (χ1) is 14.1. The first kappa shape index (κ1) is 19.4. The van der Waals surface area contributed by atoms with Crippen LogP contribution in [0, 0.1) is 0 Å². The number of ether oxygens (including phenoxy) is 1. The van der Waals surface area contributed by atoms with Crippen molar-refractivity contribution < 1.29 is 9.53 Å². The molecule has 3 aromatic rings. The van der Waals surface area contributed by atoms with Gasteiger partial charge in [-0.1, -0.05) is 29.8 Å². The Kier molecular flexibility index (Phi) is 5.51. The maximum atomic E-state index is 12.8. The van der Waals surface area contributed by atoms with E-state index >= 15 is 0 Å². The summed E-state index contributed by atoms with van der Waals surface area (Å²) in [7, 11) is 0. The van der Waals surface area contributed by atoms with Crippen molar-refractivity contribution in [3.63, 3.8) is 0 Å². The van der Waals surface area contributed by atoms with Crippen LogP contribution in [0.1, 0.15) is 17.3 Å². The largest absolute Gasteiger partial charge is 0.378 e. The van der Waals surface area contributed by atoms with Crippen molar-refractivity contribution in [3.8, 4) is 11.3 Å². The summed E-state index contributed by atoms with van der Waals surface area (Å²) < 4.78 is 8.68. The molecule has 1 aromatic carbocycles. The molecule has 1 fully saturated rings. The molecule has 150 valence electrons. The van der Waals surface area contributed by atoms with E-state index in [1.165, 1.54) is 0 Å². The molecule has 0 bridgehead atoms. The lowest BCUT2D eigenvalue weighted by Crippen LogP contribution is -2.40. The van der Waals surface area contributed by atoms with Crippen LogP contribution in [0.4, 0.5) is 0 Å². The van der Waals surface area contributed by atoms with Gasteiger partial charge >= 0.3 is 0 Å². The highest BCUT2D eigenvalue weighted by Crippen LogP contribution is 2.27. The number of hydrogen-bond acceptors (Lipinski definition) is 4. The molecule has 1 aliphatic heterocycles. The van der Waals surface area contributed by atoms with E-state index in [-0.39, 0.29) is 11.5 Å². The van der Waals surface area contributed by atoms with Crippen molar-refractivity contribution in [2.24, 2.45) is 0 Å². The Balaban J connectivity index is 1.75. The fourth-order valence-corrected chi connectivity index (χ4v) is 3.68. The lowest BCUT2D eigenvalue weighted by Gasteiger charge is -2.27. The van der Waals surface area contributed by atoms with Gasteiger partial charge in [-0.15, -0.1) is 0 Å². The first-order valence-electron chi connectivity index (χ1n) is 9.43. The quantitative estimate of drug-likeness (QED) is 0.618. The molecule has 29 heavy (non-hydrogen) atoms. The number of nitrogens with zero attached hydrogens (tertiary/aromatic N) is 4. The molecule has 1 aliphatic rings. The molecule has 0 N–H and O–H groups in total. The van der Waals surface area contributed by atoms with Gasteiger partial charge in [0.15, 0.2) is 0 Å². The summed E-state index contributed by atoms with van der Waals surface area (Å²) in [4.78, 5) is 31.3. The van der Waals surface area contributed by atoms with Crippen LogP contribution in [0.3, 0.4) is 0 Å². The molecular weight excluding hydrogens is 392 g/mol. The zero-order valence-electron chi connectivity index (χ0n) is 16.0. The summed E-state index contributed by atoms with van der Waals surface area (Å²) in [6, 6.07) is 5.34. The zero-order valence-corrected chi connectivity index (χ0v) is 16.8. The minimum absolute atomic E-state index is 0.101. The van der Waals surface area contributed by atoms with Crippen molar-refractivity contribution >= 4 is 23.0 Å². The molecule has 0 unspecified atom stereocenters. The number of morpholine rings is 1. The number of fused-ring (bicyclic) bond motifs is 1. The van der Waals surface area contributed by atoms with Crippen LogP contribution in [0.15, 0.2) is 53.9 Å². The average Bonchev–Trinajstić information content (AvgIpc) is 3.24. The summed E-state index contributed by atoms with van der Waals surface area (Å²) in [5.74, 6) is -0.101. The number of hydrogen-bond donors (Lipinski definition) is 0. The van der Waals surface area contributed by atoms with Crippen LogP contribution in [0.25, 0.3) is 16.8 Å². The van der Waals surface area contributed by atoms with Crippen molar-refractivity contribution in [1.82, 2.24) is 18.9 Å². The van der Waals surface area contributed by atoms with Crippen molar-refractivity contribution in [2.75, 3.05) is 26.3 Å². The first-order valence-corrected chi connectivity index (χ1v) is 9.81. The fraction of sp³-hybridized carbons (Fsp3) is 0.286. The number of aromatic nitrogens is 3. The lowest BCUT2D eigenvalue weighted by molar-refractivity contribution is 0.0303. The zero-order chi connectivity index (χ0) is 20.4. The van der Waals surface area contributed by atoms with Gasteiger partial charge in [-0.25, -0.2) is 4.98 Å². The number of carbonyl (C=O) groups excluding carboxylic acids is 1. The molecule has 8 heteroatoms. The Morgan fingerprint density at radius 2 is 2.10 bits per heavy atom. The second-order valence-corrected chi connectivity index (χ2v) is 7.20. The number of carbonyl (C=O) groups is 1. The molecule has 4 rings (SSSR count). The van der Waals surface area contributed by atoms with Gasteiger partial charge in [0.05, 0.1) is 42.0 Å². The van der Waals surface area contributed by atoms with E-state index in [0.29, 0.717) is 49.0 Å². The number of rotatable bonds is 4. The van der Waals surface area contributed by atoms with E-state index in [9.17, 15) is 9.59 Å². The number of imidazole rings is 1. The van der Waals surface area contributed by atoms with Gasteiger partial charge < -0.3 is 14.2 Å². The van der Waals surface area contributed by atoms with Gasteiger partial charge in [0.2, 0.25) is 0 Å². The molecule has 7 nitrogen and oxygen atoms in total. The topological polar surface area (TPSA) is 68.8 Å². The predicted octanol–water partition coefficient (Wildman–Crippen LogP) is 2.86. The number of halogens is 1. The smallest absolute Gasteiger partial charge is 0.276 e. The minimum atomic E-state index is -0.116. The maximum absolute atomic E-state index is 12.8. The van der Waals surface area contributed by atoms with Crippen LogP contribution in [-0.2, 0) is 11.3 Å². The monoisotopic (exact) mass is 412 g/mol. The molecule has 0 spiro atoms. The standard InChI is InChI=1S/C21H21ClN4O3/c1-2-3-6-25-13-19(26-14-23-12-18(26)21(25)28)15-4-5-16(17(22)11-15)20(27)24-7-9-29-10-8-24/h2-5,11-14H,6-10H2,1H3/b3-2+. The third-order valence-electron chi connectivity index (χ3n) is 4.99. The number of allylic oxidation sites excluding steroid dienone is 2. The summed E-state index contributed by atoms with van der Waals surface area (Å²) in [6.07, 6.45) is 8.75. The second kappa shape index (κ2) is 8.23. The van der Waals surface area contributed by atoms with Gasteiger partial charge in [-0.3, -0.25) is 14.0 Å². The van der Waals surface area contributed by atoms with Crippen molar-refractivity contribution in [1.29, 1.82) is 0 Å². The highest BCUT2D eigenvalue weighted by atomic mass is 35.5. The lowest BCUT2D eigenvalue weighted by atomic mass is 10.1. The van der Waals surface area contributed by atoms with E-state index in [1.807, 2.05) is 25.1 Å². The molecule has 0 radical (unpaired) electrons. The Hall–Kier alpha value is -2.90. The van der Waals surface area contributed by atoms with E-state index in [2.05, 4.69) is 4.98 Å². The van der Waals surface area contributed by atoms with Crippen LogP contribution in [0.2, 0.25) is 5.02 Å². The predicted molar refractivity (Wildman–Crippen MR) is 111 cm³/mol. The molecular formula is C21H21ClN4O3. The minimum Gasteiger partial charge on any atom is -0.378 e. The number of benzene rings is 1. The van der Waals surface area contributed by atoms with Gasteiger partial charge in [0.25, 0.3) is 11.5 Å². The second-order valence-electron chi connectivity index (χ2n) is 6.79. The van der Waals surface area contributed by atoms with E-state index in [0.717, 1.165) is 11.3 Å². The summed E-state index contributed by atoms with van der Waals surface area (Å²) >= 11 is 6.49. The Bertz CT molecular complexity index is 1140. The fourth-order valence-electron chi connectivity index (χ4n) is 3.41. The SMILES string of the molecule is C/C=C/Cn1cc(-c2ccc(C(=O)N3CCOCC3)c(Cl)c2)n2cncc2c1=O. The molecule has 0 aliphatic carbocycles. The van der Waals surface area contributed by atoms with Crippen LogP contribution in [0.5, 0.6) is 0 Å². The summed E-state index contributed by atoms with van der Waals surface area (Å²) in [6.45, 7) is 4.56. The number of amides is 1. The Morgan fingerprint density at radius 3 is 2.83 bits per heavy atom. The van der Waals surface area contributed by atoms with Gasteiger partial charge in [0, 0.05) is 31.4 Å². The Labute approximate surface area is 172 Å². The third kappa shape index (κ3) is 3.71. The van der Waals surface area contributed by atoms with Gasteiger partial charge in [-0.05, 0) is 19.1 Å². The van der Waals surface area contributed by atoms with E-state index < -0.39 is 0 Å². The summed E-state index contributed by atoms with van der Waals surface area (Å²) in [5, 5.41) is 0.374. The maximum Gasteiger partial charge on any atom is 0.276 e.